The molecule has 2 aromatic rings. The Morgan fingerprint density at radius 1 is 1.05 bits per heavy atom. The molecule has 1 aliphatic carbocycles. The number of benzene rings is 1. The van der Waals surface area contributed by atoms with Gasteiger partial charge in [-0.1, -0.05) is 12.1 Å². The fourth-order valence-corrected chi connectivity index (χ4v) is 2.83. The van der Waals surface area contributed by atoms with Gasteiger partial charge in [0.15, 0.2) is 0 Å². The van der Waals surface area contributed by atoms with Gasteiger partial charge >= 0.3 is 0 Å². The summed E-state index contributed by atoms with van der Waals surface area (Å²) in [5.41, 5.74) is 10.6. The van der Waals surface area contributed by atoms with Gasteiger partial charge in [0.05, 0.1) is 0 Å². The van der Waals surface area contributed by atoms with Crippen LogP contribution in [-0.2, 0) is 0 Å². The van der Waals surface area contributed by atoms with Gasteiger partial charge in [0.1, 0.15) is 0 Å². The van der Waals surface area contributed by atoms with E-state index in [1.54, 1.807) is 12.4 Å². The van der Waals surface area contributed by atoms with Crippen molar-refractivity contribution in [3.63, 3.8) is 0 Å². The van der Waals surface area contributed by atoms with Crippen LogP contribution in [0.2, 0.25) is 0 Å². The van der Waals surface area contributed by atoms with Crippen molar-refractivity contribution < 1.29 is 4.79 Å². The lowest BCUT2D eigenvalue weighted by Gasteiger charge is -2.16. The Bertz CT molecular complexity index is 690. The standard InChI is InChI=1S/C18H18N2O/c19-18(21)16-7-6-15(13-8-10-20-11-9-13)12-17(16)14-4-2-1-3-5-14/h4,6-12H,1-3,5H2,(H2,19,21). The Kier molecular flexibility index (Phi) is 3.82. The van der Waals surface area contributed by atoms with Crippen LogP contribution in [0.15, 0.2) is 48.8 Å². The smallest absolute Gasteiger partial charge is 0.249 e. The molecule has 1 amide bonds. The predicted molar refractivity (Wildman–Crippen MR) is 84.6 cm³/mol. The normalized spacial score (nSPS) is 14.6. The first-order valence-electron chi connectivity index (χ1n) is 7.29. The van der Waals surface area contributed by atoms with Crippen molar-refractivity contribution in [1.29, 1.82) is 0 Å². The highest BCUT2D eigenvalue weighted by Gasteiger charge is 2.15. The molecule has 106 valence electrons. The summed E-state index contributed by atoms with van der Waals surface area (Å²) in [6, 6.07) is 9.80. The summed E-state index contributed by atoms with van der Waals surface area (Å²) >= 11 is 0. The second-order valence-corrected chi connectivity index (χ2v) is 5.34. The Morgan fingerprint density at radius 3 is 2.52 bits per heavy atom. The minimum atomic E-state index is -0.363. The summed E-state index contributed by atoms with van der Waals surface area (Å²) in [7, 11) is 0. The molecule has 0 aliphatic heterocycles. The fourth-order valence-electron chi connectivity index (χ4n) is 2.83. The zero-order valence-corrected chi connectivity index (χ0v) is 11.9. The van der Waals surface area contributed by atoms with Gasteiger partial charge in [-0.15, -0.1) is 0 Å². The Balaban J connectivity index is 2.10. The van der Waals surface area contributed by atoms with Crippen LogP contribution in [0, 0.1) is 0 Å². The predicted octanol–water partition coefficient (Wildman–Crippen LogP) is 3.80. The molecule has 2 N–H and O–H groups in total. The number of aromatic nitrogens is 1. The molecule has 1 heterocycles. The summed E-state index contributed by atoms with van der Waals surface area (Å²) < 4.78 is 0. The lowest BCUT2D eigenvalue weighted by atomic mass is 9.88. The van der Waals surface area contributed by atoms with Crippen LogP contribution in [0.4, 0.5) is 0 Å². The van der Waals surface area contributed by atoms with Gasteiger partial charge in [-0.2, -0.15) is 0 Å². The maximum absolute atomic E-state index is 11.7. The van der Waals surface area contributed by atoms with E-state index >= 15 is 0 Å². The molecule has 3 heteroatoms. The number of nitrogens with two attached hydrogens (primary N) is 1. The van der Waals surface area contributed by atoms with Crippen LogP contribution in [-0.4, -0.2) is 10.9 Å². The van der Waals surface area contributed by atoms with Gasteiger partial charge in [0.25, 0.3) is 0 Å². The Labute approximate surface area is 124 Å². The average molecular weight is 278 g/mol. The third kappa shape index (κ3) is 2.87. The Hall–Kier alpha value is -2.42. The highest BCUT2D eigenvalue weighted by atomic mass is 16.1. The van der Waals surface area contributed by atoms with E-state index in [-0.39, 0.29) is 5.91 Å². The molecule has 1 aromatic heterocycles. The number of hydrogen-bond donors (Lipinski definition) is 1. The second-order valence-electron chi connectivity index (χ2n) is 5.34. The molecule has 1 aliphatic rings. The minimum absolute atomic E-state index is 0.363. The molecular weight excluding hydrogens is 260 g/mol. The zero-order valence-electron chi connectivity index (χ0n) is 11.9. The van der Waals surface area contributed by atoms with Crippen LogP contribution in [0.25, 0.3) is 16.7 Å². The quantitative estimate of drug-likeness (QED) is 0.928. The number of pyridine rings is 1. The molecule has 0 fully saturated rings. The first kappa shape index (κ1) is 13.6. The molecule has 3 nitrogen and oxygen atoms in total. The van der Waals surface area contributed by atoms with E-state index in [2.05, 4.69) is 17.1 Å². The summed E-state index contributed by atoms with van der Waals surface area (Å²) in [5, 5.41) is 0. The lowest BCUT2D eigenvalue weighted by molar-refractivity contribution is 0.1000. The summed E-state index contributed by atoms with van der Waals surface area (Å²) in [6.07, 6.45) is 10.3. The van der Waals surface area contributed by atoms with Gasteiger partial charge < -0.3 is 5.73 Å². The topological polar surface area (TPSA) is 56.0 Å². The van der Waals surface area contributed by atoms with Crippen molar-refractivity contribution in [2.75, 3.05) is 0 Å². The van der Waals surface area contributed by atoms with Crippen LogP contribution in [0.5, 0.6) is 0 Å². The van der Waals surface area contributed by atoms with Crippen LogP contribution >= 0.6 is 0 Å². The number of nitrogens with zero attached hydrogens (tertiary/aromatic N) is 1. The Morgan fingerprint density at radius 2 is 1.86 bits per heavy atom. The van der Waals surface area contributed by atoms with Crippen molar-refractivity contribution in [2.24, 2.45) is 5.73 Å². The lowest BCUT2D eigenvalue weighted by Crippen LogP contribution is -2.14. The van der Waals surface area contributed by atoms with Gasteiger partial charge in [-0.3, -0.25) is 9.78 Å². The maximum Gasteiger partial charge on any atom is 0.249 e. The number of amides is 1. The number of allylic oxidation sites excluding steroid dienone is 2. The highest BCUT2D eigenvalue weighted by molar-refractivity contribution is 5.99. The minimum Gasteiger partial charge on any atom is -0.366 e. The number of primary amides is 1. The molecule has 0 atom stereocenters. The highest BCUT2D eigenvalue weighted by Crippen LogP contribution is 2.32. The molecule has 0 saturated carbocycles. The fraction of sp³-hybridized carbons (Fsp3) is 0.222. The van der Waals surface area contributed by atoms with Crippen molar-refractivity contribution in [1.82, 2.24) is 4.98 Å². The van der Waals surface area contributed by atoms with Crippen molar-refractivity contribution >= 4 is 11.5 Å². The third-order valence-electron chi connectivity index (χ3n) is 3.94. The second kappa shape index (κ2) is 5.92. The number of carbonyl (C=O) groups excluding carboxylic acids is 1. The molecule has 0 radical (unpaired) electrons. The molecule has 0 spiro atoms. The van der Waals surface area contributed by atoms with E-state index in [1.807, 2.05) is 24.3 Å². The van der Waals surface area contributed by atoms with E-state index in [0.29, 0.717) is 5.56 Å². The zero-order chi connectivity index (χ0) is 14.7. The molecule has 0 unspecified atom stereocenters. The average Bonchev–Trinajstić information content (AvgIpc) is 2.56. The van der Waals surface area contributed by atoms with Crippen molar-refractivity contribution in [3.8, 4) is 11.1 Å². The molecule has 1 aromatic carbocycles. The maximum atomic E-state index is 11.7. The summed E-state index contributed by atoms with van der Waals surface area (Å²) in [4.78, 5) is 15.7. The third-order valence-corrected chi connectivity index (χ3v) is 3.94. The number of carbonyl (C=O) groups is 1. The van der Waals surface area contributed by atoms with Gasteiger partial charge in [-0.25, -0.2) is 0 Å². The molecule has 21 heavy (non-hydrogen) atoms. The van der Waals surface area contributed by atoms with Crippen molar-refractivity contribution in [3.05, 3.63) is 59.9 Å². The first-order chi connectivity index (χ1) is 10.3. The van der Waals surface area contributed by atoms with E-state index in [9.17, 15) is 4.79 Å². The monoisotopic (exact) mass is 278 g/mol. The molecule has 3 rings (SSSR count). The largest absolute Gasteiger partial charge is 0.366 e. The molecular formula is C18H18N2O. The first-order valence-corrected chi connectivity index (χ1v) is 7.29. The summed E-state index contributed by atoms with van der Waals surface area (Å²) in [5.74, 6) is -0.363. The van der Waals surface area contributed by atoms with E-state index in [4.69, 9.17) is 5.73 Å². The van der Waals surface area contributed by atoms with E-state index < -0.39 is 0 Å². The van der Waals surface area contributed by atoms with Gasteiger partial charge in [0, 0.05) is 18.0 Å². The van der Waals surface area contributed by atoms with Crippen LogP contribution in [0.3, 0.4) is 0 Å². The van der Waals surface area contributed by atoms with Crippen LogP contribution in [0.1, 0.15) is 41.6 Å². The number of hydrogen-bond acceptors (Lipinski definition) is 2. The van der Waals surface area contributed by atoms with E-state index in [0.717, 1.165) is 29.5 Å². The van der Waals surface area contributed by atoms with Gasteiger partial charge in [0.2, 0.25) is 5.91 Å². The van der Waals surface area contributed by atoms with Gasteiger partial charge in [-0.05, 0) is 72.2 Å². The van der Waals surface area contributed by atoms with Crippen molar-refractivity contribution in [2.45, 2.75) is 25.7 Å². The SMILES string of the molecule is NC(=O)c1ccc(-c2ccncc2)cc1C1=CCCCC1. The molecule has 0 saturated heterocycles. The van der Waals surface area contributed by atoms with E-state index in [1.165, 1.54) is 18.4 Å². The summed E-state index contributed by atoms with van der Waals surface area (Å²) in [6.45, 7) is 0. The molecule has 0 bridgehead atoms. The number of rotatable bonds is 3. The van der Waals surface area contributed by atoms with Crippen LogP contribution < -0.4 is 5.73 Å².